The highest BCUT2D eigenvalue weighted by Crippen LogP contribution is 2.28. The van der Waals surface area contributed by atoms with Gasteiger partial charge in [-0.25, -0.2) is 9.78 Å². The van der Waals surface area contributed by atoms with E-state index in [1.807, 2.05) is 37.3 Å². The maximum absolute atomic E-state index is 12.4. The lowest BCUT2D eigenvalue weighted by molar-refractivity contribution is -0.130. The number of thiazole rings is 1. The average Bonchev–Trinajstić information content (AvgIpc) is 3.29. The third kappa shape index (κ3) is 4.51. The molecule has 3 rings (SSSR count). The molecule has 2 unspecified atom stereocenters. The number of carbonyl (C=O) groups is 3. The van der Waals surface area contributed by atoms with Crippen molar-refractivity contribution in [1.29, 1.82) is 0 Å². The summed E-state index contributed by atoms with van der Waals surface area (Å²) in [5, 5.41) is 13.8. The Hall–Kier alpha value is -2.74. The van der Waals surface area contributed by atoms with Crippen molar-refractivity contribution in [3.8, 4) is 0 Å². The van der Waals surface area contributed by atoms with E-state index < -0.39 is 5.97 Å². The highest BCUT2D eigenvalue weighted by Gasteiger charge is 2.36. The summed E-state index contributed by atoms with van der Waals surface area (Å²) in [6.07, 6.45) is 0.678. The summed E-state index contributed by atoms with van der Waals surface area (Å²) in [6.45, 7) is 2.74. The predicted molar refractivity (Wildman–Crippen MR) is 100 cm³/mol. The average molecular weight is 387 g/mol. The molecular formula is C19H21N3O4S. The molecular weight excluding hydrogens is 366 g/mol. The van der Waals surface area contributed by atoms with Crippen LogP contribution < -0.4 is 5.32 Å². The molecule has 8 heteroatoms. The second-order valence-corrected chi connectivity index (χ2v) is 7.45. The lowest BCUT2D eigenvalue weighted by Gasteiger charge is -2.25. The Morgan fingerprint density at radius 1 is 1.37 bits per heavy atom. The molecule has 0 radical (unpaired) electrons. The minimum atomic E-state index is -1.06. The highest BCUT2D eigenvalue weighted by atomic mass is 32.1. The lowest BCUT2D eigenvalue weighted by Crippen LogP contribution is -2.34. The summed E-state index contributed by atoms with van der Waals surface area (Å²) >= 11 is 1.26. The molecule has 0 bridgehead atoms. The van der Waals surface area contributed by atoms with Crippen LogP contribution in [0.5, 0.6) is 0 Å². The molecule has 142 valence electrons. The number of rotatable bonds is 7. The number of aromatic carboxylic acids is 1. The first-order chi connectivity index (χ1) is 13.0. The van der Waals surface area contributed by atoms with Gasteiger partial charge in [0, 0.05) is 31.3 Å². The van der Waals surface area contributed by atoms with Crippen molar-refractivity contribution in [3.63, 3.8) is 0 Å². The number of nitrogens with one attached hydrogen (secondary N) is 1. The number of hydrogen-bond donors (Lipinski definition) is 2. The van der Waals surface area contributed by atoms with Gasteiger partial charge in [-0.15, -0.1) is 11.3 Å². The van der Waals surface area contributed by atoms with E-state index in [0.717, 1.165) is 5.56 Å². The number of amides is 2. The van der Waals surface area contributed by atoms with E-state index >= 15 is 0 Å². The van der Waals surface area contributed by atoms with Gasteiger partial charge in [-0.05, 0) is 12.5 Å². The molecule has 1 saturated heterocycles. The minimum absolute atomic E-state index is 0.0162. The van der Waals surface area contributed by atoms with Crippen molar-refractivity contribution >= 4 is 29.1 Å². The van der Waals surface area contributed by atoms with Crippen LogP contribution in [-0.4, -0.2) is 45.9 Å². The van der Waals surface area contributed by atoms with E-state index in [1.165, 1.54) is 16.7 Å². The van der Waals surface area contributed by atoms with Gasteiger partial charge in [0.15, 0.2) is 5.69 Å². The Morgan fingerprint density at radius 2 is 2.11 bits per heavy atom. The zero-order chi connectivity index (χ0) is 19.4. The number of nitrogens with zero attached hydrogens (tertiary/aromatic N) is 2. The van der Waals surface area contributed by atoms with Crippen LogP contribution in [0.4, 0.5) is 0 Å². The number of benzene rings is 1. The third-order valence-corrected chi connectivity index (χ3v) is 5.60. The summed E-state index contributed by atoms with van der Waals surface area (Å²) in [5.41, 5.74) is 1.07. The summed E-state index contributed by atoms with van der Waals surface area (Å²) in [6, 6.07) is 9.69. The first kappa shape index (κ1) is 19.0. The van der Waals surface area contributed by atoms with Gasteiger partial charge in [0.1, 0.15) is 0 Å². The van der Waals surface area contributed by atoms with E-state index in [9.17, 15) is 14.4 Å². The third-order valence-electron chi connectivity index (χ3n) is 4.69. The van der Waals surface area contributed by atoms with Gasteiger partial charge in [-0.3, -0.25) is 9.59 Å². The normalized spacial score (nSPS) is 17.7. The van der Waals surface area contributed by atoms with Crippen LogP contribution in [0.3, 0.4) is 0 Å². The molecule has 2 heterocycles. The van der Waals surface area contributed by atoms with Gasteiger partial charge in [0.2, 0.25) is 11.8 Å². The van der Waals surface area contributed by atoms with Gasteiger partial charge >= 0.3 is 5.97 Å². The molecule has 1 aromatic heterocycles. The quantitative estimate of drug-likeness (QED) is 0.758. The summed E-state index contributed by atoms with van der Waals surface area (Å²) in [7, 11) is 0. The largest absolute Gasteiger partial charge is 0.476 e. The van der Waals surface area contributed by atoms with Crippen molar-refractivity contribution in [2.24, 2.45) is 5.92 Å². The standard InChI is InChI=1S/C19H21N3O4S/c1-12(13-5-3-2-4-6-13)22-10-14(9-17(22)23)18(24)20-8-7-16-21-15(11-27-16)19(25)26/h2-6,11-12,14H,7-10H2,1H3,(H,20,24)(H,25,26). The second-order valence-electron chi connectivity index (χ2n) is 6.51. The van der Waals surface area contributed by atoms with Gasteiger partial charge < -0.3 is 15.3 Å². The first-order valence-corrected chi connectivity index (χ1v) is 9.63. The smallest absolute Gasteiger partial charge is 0.355 e. The van der Waals surface area contributed by atoms with Gasteiger partial charge in [-0.1, -0.05) is 30.3 Å². The Labute approximate surface area is 161 Å². The molecule has 0 saturated carbocycles. The van der Waals surface area contributed by atoms with E-state index in [1.54, 1.807) is 4.90 Å². The van der Waals surface area contributed by atoms with Gasteiger partial charge in [-0.2, -0.15) is 0 Å². The SMILES string of the molecule is CC(c1ccccc1)N1CC(C(=O)NCCc2nc(C(=O)O)cs2)CC1=O. The fourth-order valence-electron chi connectivity index (χ4n) is 3.15. The zero-order valence-corrected chi connectivity index (χ0v) is 15.7. The van der Waals surface area contributed by atoms with Crippen molar-refractivity contribution < 1.29 is 19.5 Å². The molecule has 27 heavy (non-hydrogen) atoms. The maximum Gasteiger partial charge on any atom is 0.355 e. The van der Waals surface area contributed by atoms with Crippen LogP contribution in [0.15, 0.2) is 35.7 Å². The molecule has 0 aliphatic carbocycles. The number of carbonyl (C=O) groups excluding carboxylic acids is 2. The zero-order valence-electron chi connectivity index (χ0n) is 14.9. The Bertz CT molecular complexity index is 836. The number of carboxylic acid groups (broad SMARTS) is 1. The Kier molecular flexibility index (Phi) is 5.85. The molecule has 1 aliphatic heterocycles. The van der Waals surface area contributed by atoms with E-state index in [0.29, 0.717) is 24.5 Å². The van der Waals surface area contributed by atoms with E-state index in [4.69, 9.17) is 5.11 Å². The number of hydrogen-bond acceptors (Lipinski definition) is 5. The first-order valence-electron chi connectivity index (χ1n) is 8.75. The fourth-order valence-corrected chi connectivity index (χ4v) is 3.93. The summed E-state index contributed by atoms with van der Waals surface area (Å²) < 4.78 is 0. The molecule has 2 atom stereocenters. The molecule has 0 spiro atoms. The van der Waals surface area contributed by atoms with Crippen molar-refractivity contribution in [2.75, 3.05) is 13.1 Å². The van der Waals surface area contributed by atoms with Crippen LogP contribution in [0.2, 0.25) is 0 Å². The fraction of sp³-hybridized carbons (Fsp3) is 0.368. The topological polar surface area (TPSA) is 99.6 Å². The molecule has 2 aromatic rings. The van der Waals surface area contributed by atoms with Crippen LogP contribution in [0.25, 0.3) is 0 Å². The monoisotopic (exact) mass is 387 g/mol. The summed E-state index contributed by atoms with van der Waals surface area (Å²) in [5.74, 6) is -1.59. The lowest BCUT2D eigenvalue weighted by atomic mass is 10.1. The molecule has 1 aliphatic rings. The van der Waals surface area contributed by atoms with Crippen LogP contribution >= 0.6 is 11.3 Å². The van der Waals surface area contributed by atoms with E-state index in [2.05, 4.69) is 10.3 Å². The number of likely N-dealkylation sites (tertiary alicyclic amines) is 1. The second kappa shape index (κ2) is 8.30. The molecule has 7 nitrogen and oxygen atoms in total. The van der Waals surface area contributed by atoms with Gasteiger partial charge in [0.25, 0.3) is 0 Å². The van der Waals surface area contributed by atoms with Gasteiger partial charge in [0.05, 0.1) is 17.0 Å². The molecule has 2 N–H and O–H groups in total. The molecule has 1 aromatic carbocycles. The van der Waals surface area contributed by atoms with Crippen LogP contribution in [0, 0.1) is 5.92 Å². The number of aromatic nitrogens is 1. The van der Waals surface area contributed by atoms with Crippen molar-refractivity contribution in [1.82, 2.24) is 15.2 Å². The van der Waals surface area contributed by atoms with Crippen LogP contribution in [-0.2, 0) is 16.0 Å². The highest BCUT2D eigenvalue weighted by molar-refractivity contribution is 7.09. The summed E-state index contributed by atoms with van der Waals surface area (Å²) in [4.78, 5) is 41.3. The van der Waals surface area contributed by atoms with Crippen LogP contribution in [0.1, 0.15) is 40.4 Å². The Balaban J connectivity index is 1.50. The van der Waals surface area contributed by atoms with Crippen molar-refractivity contribution in [2.45, 2.75) is 25.8 Å². The van der Waals surface area contributed by atoms with Crippen molar-refractivity contribution in [3.05, 3.63) is 52.0 Å². The number of carboxylic acids is 1. The molecule has 2 amide bonds. The maximum atomic E-state index is 12.4. The Morgan fingerprint density at radius 3 is 2.78 bits per heavy atom. The minimum Gasteiger partial charge on any atom is -0.476 e. The molecule has 1 fully saturated rings. The van der Waals surface area contributed by atoms with E-state index in [-0.39, 0.29) is 35.9 Å². The predicted octanol–water partition coefficient (Wildman–Crippen LogP) is 2.11.